The van der Waals surface area contributed by atoms with Crippen LogP contribution in [0.25, 0.3) is 21.5 Å². The third-order valence-electron chi connectivity index (χ3n) is 8.40. The van der Waals surface area contributed by atoms with Crippen molar-refractivity contribution in [1.82, 2.24) is 0 Å². The molecule has 0 bridgehead atoms. The van der Waals surface area contributed by atoms with Gasteiger partial charge in [0.2, 0.25) is 11.2 Å². The lowest BCUT2D eigenvalue weighted by Crippen LogP contribution is -2.51. The zero-order chi connectivity index (χ0) is 40.1. The number of hydrogen-bond donors (Lipinski definition) is 0. The lowest BCUT2D eigenvalue weighted by atomic mass is 9.97. The number of carbonyl (C=O) groups excluding carboxylic acids is 2. The van der Waals surface area contributed by atoms with Crippen molar-refractivity contribution in [2.75, 3.05) is 24.7 Å². The van der Waals surface area contributed by atoms with E-state index in [1.165, 1.54) is 30.3 Å². The summed E-state index contributed by atoms with van der Waals surface area (Å²) in [4.78, 5) is 24.7. The monoisotopic (exact) mass is 836 g/mol. The van der Waals surface area contributed by atoms with Crippen molar-refractivity contribution in [2.45, 2.75) is 49.6 Å². The Morgan fingerprint density at radius 2 is 1.16 bits per heavy atom. The highest BCUT2D eigenvalue weighted by Crippen LogP contribution is 2.39. The molecule has 0 aromatic heterocycles. The number of rotatable bonds is 10. The molecule has 4 atom stereocenters. The van der Waals surface area contributed by atoms with Gasteiger partial charge in [-0.2, -0.15) is 26.3 Å². The highest BCUT2D eigenvalue weighted by Gasteiger charge is 2.57. The minimum atomic E-state index is -5.31. The predicted molar refractivity (Wildman–Crippen MR) is 187 cm³/mol. The van der Waals surface area contributed by atoms with Gasteiger partial charge in [-0.05, 0) is 70.8 Å². The van der Waals surface area contributed by atoms with Crippen LogP contribution in [0.3, 0.4) is 0 Å². The Balaban J connectivity index is 0.000000290. The summed E-state index contributed by atoms with van der Waals surface area (Å²) in [6.07, 6.45) is -10.7. The number of ether oxygens (including phenoxy) is 4. The fourth-order valence-corrected chi connectivity index (χ4v) is 7.17. The van der Waals surface area contributed by atoms with Gasteiger partial charge < -0.3 is 28.1 Å². The van der Waals surface area contributed by atoms with Crippen LogP contribution in [-0.4, -0.2) is 86.2 Å². The maximum absolute atomic E-state index is 13.3. The molecular formula is C36H34F6O12S2. The first-order chi connectivity index (χ1) is 24.8. The quantitative estimate of drug-likeness (QED) is 0.0536. The normalized spacial score (nSPS) is 18.8. The number of epoxide rings is 2. The fraction of sp³-hybridized carbons (Fsp3) is 0.333. The topological polar surface area (TPSA) is 192 Å². The highest BCUT2D eigenvalue weighted by molar-refractivity contribution is 7.86. The summed E-state index contributed by atoms with van der Waals surface area (Å²) < 4.78 is 164. The van der Waals surface area contributed by atoms with Gasteiger partial charge in [0.05, 0.1) is 56.1 Å². The second kappa shape index (κ2) is 16.1. The predicted octanol–water partition coefficient (Wildman–Crippen LogP) is 6.77. The average Bonchev–Trinajstić information content (AvgIpc) is 3.95. The maximum atomic E-state index is 13.3. The zero-order valence-corrected chi connectivity index (χ0v) is 31.5. The number of alkyl halides is 6. The smallest absolute Gasteiger partial charge is 0.429 e. The van der Waals surface area contributed by atoms with Crippen molar-refractivity contribution >= 4 is 53.7 Å². The molecule has 4 unspecified atom stereocenters. The first kappa shape index (κ1) is 45.8. The zero-order valence-electron chi connectivity index (χ0n) is 29.9. The fourth-order valence-electron chi connectivity index (χ4n) is 5.38. The molecule has 6 rings (SSSR count). The molecule has 12 nitrogen and oxygen atoms in total. The Morgan fingerprint density at radius 3 is 1.64 bits per heavy atom. The van der Waals surface area contributed by atoms with E-state index in [0.29, 0.717) is 43.2 Å². The summed E-state index contributed by atoms with van der Waals surface area (Å²) in [6, 6.07) is 18.9. The largest absolute Gasteiger partial charge is 0.748 e. The molecule has 2 aliphatic heterocycles. The Bertz CT molecular complexity index is 2320. The molecule has 0 radical (unpaired) electrons. The van der Waals surface area contributed by atoms with Crippen molar-refractivity contribution in [3.8, 4) is 0 Å². The Labute approximate surface area is 318 Å². The van der Waals surface area contributed by atoms with Crippen LogP contribution in [0, 0.1) is 14.9 Å². The van der Waals surface area contributed by atoms with Crippen LogP contribution in [0.5, 0.6) is 0 Å². The van der Waals surface area contributed by atoms with E-state index in [4.69, 9.17) is 9.47 Å². The summed E-state index contributed by atoms with van der Waals surface area (Å²) in [5.41, 5.74) is -5.65. The second-order valence-corrected chi connectivity index (χ2v) is 15.7. The SMILES string of the molecule is CC(CS(=O)(=O)[O-])(OC(=O)c1ccc(C2CO2)c2ccccc12)C(F)(F)F.CC(CS(=O)(=O)[O-])(OC(=O)c1ccc2ccc(C3CO3)cc2c1)C(F)(F)F.[CH3+].[CH3+]. The molecule has 2 heterocycles. The molecule has 0 saturated carbocycles. The van der Waals surface area contributed by atoms with Crippen LogP contribution in [0.15, 0.2) is 72.8 Å². The van der Waals surface area contributed by atoms with Gasteiger partial charge in [0.25, 0.3) is 0 Å². The molecule has 0 aliphatic carbocycles. The first-order valence-electron chi connectivity index (χ1n) is 15.5. The van der Waals surface area contributed by atoms with Crippen molar-refractivity contribution < 1.29 is 80.8 Å². The average molecular weight is 837 g/mol. The minimum Gasteiger partial charge on any atom is -0.748 e. The molecule has 20 heteroatoms. The first-order valence-corrected chi connectivity index (χ1v) is 18.7. The minimum absolute atomic E-state index is 0. The van der Waals surface area contributed by atoms with E-state index in [9.17, 15) is 61.9 Å². The molecule has 2 aliphatic rings. The Hall–Kier alpha value is -4.60. The van der Waals surface area contributed by atoms with Gasteiger partial charge in [0.15, 0.2) is 0 Å². The van der Waals surface area contributed by atoms with Gasteiger partial charge in [-0.1, -0.05) is 48.5 Å². The molecule has 0 spiro atoms. The van der Waals surface area contributed by atoms with Gasteiger partial charge in [-0.25, -0.2) is 26.4 Å². The highest BCUT2D eigenvalue weighted by atomic mass is 32.2. The molecular weight excluding hydrogens is 803 g/mol. The Morgan fingerprint density at radius 1 is 0.679 bits per heavy atom. The van der Waals surface area contributed by atoms with Crippen LogP contribution in [-0.2, 0) is 39.2 Å². The second-order valence-electron chi connectivity index (χ2n) is 12.9. The molecule has 56 heavy (non-hydrogen) atoms. The third kappa shape index (κ3) is 10.8. The lowest BCUT2D eigenvalue weighted by molar-refractivity contribution is -0.243. The molecule has 0 N–H and O–H groups in total. The third-order valence-corrected chi connectivity index (χ3v) is 10.2. The summed E-state index contributed by atoms with van der Waals surface area (Å²) in [6.45, 7) is 1.78. The maximum Gasteiger partial charge on any atom is 0.429 e. The number of carbonyl (C=O) groups is 2. The van der Waals surface area contributed by atoms with E-state index in [-0.39, 0.29) is 38.2 Å². The van der Waals surface area contributed by atoms with Gasteiger partial charge in [-0.15, -0.1) is 0 Å². The number of fused-ring (bicyclic) bond motifs is 2. The van der Waals surface area contributed by atoms with Gasteiger partial charge in [-0.3, -0.25) is 0 Å². The van der Waals surface area contributed by atoms with Crippen LogP contribution in [0.1, 0.15) is 57.9 Å². The standard InChI is InChI=1S/2C17H15F3O6S.2CH3/c1-16(17(18,19)20,9-27(22,23)24)26-15(21)12-5-3-10-2-4-11(14-8-25-14)6-13(10)7-12;1-16(17(18,19)20,9-27(22,23)24)26-15(21)13-7-6-12(14-8-25-14)10-4-2-3-5-11(10)13;;/h2*2-7,14H,8-9H2,1H3,(H,22,23,24);2*1H3/q;;2*+1/p-2. The van der Waals surface area contributed by atoms with E-state index in [2.05, 4.69) is 9.47 Å². The van der Waals surface area contributed by atoms with Crippen LogP contribution in [0.2, 0.25) is 0 Å². The van der Waals surface area contributed by atoms with Gasteiger partial charge in [0.1, 0.15) is 12.2 Å². The summed E-state index contributed by atoms with van der Waals surface area (Å²) in [5.74, 6) is -6.58. The molecule has 2 fully saturated rings. The van der Waals surface area contributed by atoms with E-state index in [0.717, 1.165) is 16.5 Å². The van der Waals surface area contributed by atoms with E-state index in [1.54, 1.807) is 36.4 Å². The number of benzene rings is 4. The Kier molecular flexibility index (Phi) is 13.2. The van der Waals surface area contributed by atoms with Gasteiger partial charge >= 0.3 is 24.3 Å². The van der Waals surface area contributed by atoms with Crippen molar-refractivity contribution in [2.24, 2.45) is 0 Å². The molecule has 0 amide bonds. The van der Waals surface area contributed by atoms with Crippen molar-refractivity contribution in [3.05, 3.63) is 110 Å². The molecule has 304 valence electrons. The number of hydrogen-bond acceptors (Lipinski definition) is 12. The molecule has 4 aromatic carbocycles. The lowest BCUT2D eigenvalue weighted by Gasteiger charge is -2.32. The van der Waals surface area contributed by atoms with Crippen LogP contribution >= 0.6 is 0 Å². The molecule has 2 saturated heterocycles. The summed E-state index contributed by atoms with van der Waals surface area (Å²) in [7, 11) is -10.6. The summed E-state index contributed by atoms with van der Waals surface area (Å²) >= 11 is 0. The number of esters is 2. The number of halogens is 6. The van der Waals surface area contributed by atoms with Crippen molar-refractivity contribution in [1.29, 1.82) is 0 Å². The summed E-state index contributed by atoms with van der Waals surface area (Å²) in [5, 5.41) is 2.28. The van der Waals surface area contributed by atoms with E-state index >= 15 is 0 Å². The van der Waals surface area contributed by atoms with E-state index in [1.807, 2.05) is 6.07 Å². The van der Waals surface area contributed by atoms with Gasteiger partial charge in [0, 0.05) is 14.9 Å². The van der Waals surface area contributed by atoms with Crippen LogP contribution < -0.4 is 0 Å². The van der Waals surface area contributed by atoms with Crippen molar-refractivity contribution in [3.63, 3.8) is 0 Å². The van der Waals surface area contributed by atoms with E-state index < -0.39 is 67.2 Å². The molecule has 4 aromatic rings. The van der Waals surface area contributed by atoms with Crippen LogP contribution in [0.4, 0.5) is 26.3 Å².